The molecule has 0 radical (unpaired) electrons. The van der Waals surface area contributed by atoms with Crippen molar-refractivity contribution in [1.29, 1.82) is 0 Å². The van der Waals surface area contributed by atoms with Crippen molar-refractivity contribution < 1.29 is 9.53 Å². The van der Waals surface area contributed by atoms with E-state index in [1.54, 1.807) is 6.92 Å². The molecule has 1 aromatic heterocycles. The van der Waals surface area contributed by atoms with Crippen LogP contribution in [0.5, 0.6) is 5.75 Å². The number of allylic oxidation sites excluding steroid dienone is 3. The number of pyridine rings is 1. The van der Waals surface area contributed by atoms with E-state index in [0.717, 1.165) is 64.3 Å². The zero-order valence-corrected chi connectivity index (χ0v) is 20.3. The number of nitrogens with zero attached hydrogens (tertiary/aromatic N) is 1. The van der Waals surface area contributed by atoms with Crippen molar-refractivity contribution in [1.82, 2.24) is 4.98 Å². The Morgan fingerprint density at radius 3 is 2.57 bits per heavy atom. The Bertz CT molecular complexity index is 1380. The maximum Gasteiger partial charge on any atom is 0.139 e. The minimum absolute atomic E-state index is 0.236. The van der Waals surface area contributed by atoms with Gasteiger partial charge < -0.3 is 4.74 Å². The van der Waals surface area contributed by atoms with Gasteiger partial charge in [-0.1, -0.05) is 37.3 Å². The third-order valence-electron chi connectivity index (χ3n) is 7.10. The van der Waals surface area contributed by atoms with Gasteiger partial charge in [0.15, 0.2) is 0 Å². The smallest absolute Gasteiger partial charge is 0.139 e. The molecule has 35 heavy (non-hydrogen) atoms. The van der Waals surface area contributed by atoms with Gasteiger partial charge in [-0.15, -0.1) is 5.73 Å². The second-order valence-electron chi connectivity index (χ2n) is 9.34. The highest BCUT2D eigenvalue weighted by Gasteiger charge is 2.49. The van der Waals surface area contributed by atoms with Crippen LogP contribution in [0.2, 0.25) is 0 Å². The van der Waals surface area contributed by atoms with Crippen molar-refractivity contribution in [2.45, 2.75) is 39.5 Å². The fourth-order valence-corrected chi connectivity index (χ4v) is 4.79. The molecule has 1 fully saturated rings. The van der Waals surface area contributed by atoms with Crippen molar-refractivity contribution >= 4 is 17.6 Å². The molecular weight excluding hydrogens is 430 g/mol. The van der Waals surface area contributed by atoms with Crippen molar-refractivity contribution in [3.63, 3.8) is 0 Å². The first-order valence-electron chi connectivity index (χ1n) is 12.2. The third-order valence-corrected chi connectivity index (χ3v) is 7.10. The van der Waals surface area contributed by atoms with Crippen molar-refractivity contribution in [2.24, 2.45) is 5.41 Å². The zero-order valence-electron chi connectivity index (χ0n) is 20.3. The summed E-state index contributed by atoms with van der Waals surface area (Å²) in [6, 6.07) is 18.5. The molecule has 0 amide bonds. The molecular formula is C32H29NO2. The number of hydrogen-bond donors (Lipinski definition) is 0. The Kier molecular flexibility index (Phi) is 6.11. The molecule has 3 nitrogen and oxygen atoms in total. The lowest BCUT2D eigenvalue weighted by atomic mass is 9.88. The molecule has 2 aliphatic rings. The first-order valence-corrected chi connectivity index (χ1v) is 12.2. The van der Waals surface area contributed by atoms with Crippen LogP contribution in [0, 0.1) is 5.41 Å². The Morgan fingerprint density at radius 1 is 1.11 bits per heavy atom. The highest BCUT2D eigenvalue weighted by Crippen LogP contribution is 2.52. The van der Waals surface area contributed by atoms with Crippen LogP contribution in [0.4, 0.5) is 0 Å². The van der Waals surface area contributed by atoms with E-state index in [1.165, 1.54) is 5.56 Å². The molecule has 0 bridgehead atoms. The number of hydrogen-bond acceptors (Lipinski definition) is 3. The van der Waals surface area contributed by atoms with E-state index in [1.807, 2.05) is 54.8 Å². The Morgan fingerprint density at radius 2 is 1.91 bits per heavy atom. The fraction of sp³-hybridized carbons (Fsp3) is 0.219. The van der Waals surface area contributed by atoms with Crippen LogP contribution in [0.3, 0.4) is 0 Å². The van der Waals surface area contributed by atoms with Gasteiger partial charge in [-0.25, -0.2) is 0 Å². The topological polar surface area (TPSA) is 39.2 Å². The van der Waals surface area contributed by atoms with Crippen LogP contribution in [-0.4, -0.2) is 10.8 Å². The number of fused-ring (bicyclic) bond motifs is 1. The highest BCUT2D eigenvalue weighted by molar-refractivity contribution is 5.88. The molecule has 3 heteroatoms. The number of Topliss-reactive ketones (excluding diaryl/α,β-unsaturated/α-hetero) is 1. The predicted molar refractivity (Wildman–Crippen MR) is 142 cm³/mol. The Balaban J connectivity index is 1.40. The second kappa shape index (κ2) is 9.37. The molecule has 2 aromatic carbocycles. The van der Waals surface area contributed by atoms with Gasteiger partial charge in [0.25, 0.3) is 0 Å². The van der Waals surface area contributed by atoms with Gasteiger partial charge in [0.2, 0.25) is 0 Å². The summed E-state index contributed by atoms with van der Waals surface area (Å²) in [5, 5.41) is 0. The first kappa shape index (κ1) is 22.8. The van der Waals surface area contributed by atoms with Crippen molar-refractivity contribution in [3.05, 3.63) is 113 Å². The lowest BCUT2D eigenvalue weighted by Crippen LogP contribution is -2.15. The van der Waals surface area contributed by atoms with E-state index in [9.17, 15) is 4.79 Å². The summed E-state index contributed by atoms with van der Waals surface area (Å²) in [5.41, 5.74) is 10.5. The van der Waals surface area contributed by atoms with Gasteiger partial charge in [0.1, 0.15) is 17.3 Å². The van der Waals surface area contributed by atoms with E-state index in [2.05, 4.69) is 48.5 Å². The van der Waals surface area contributed by atoms with Crippen LogP contribution >= 0.6 is 0 Å². The van der Waals surface area contributed by atoms with E-state index in [-0.39, 0.29) is 11.2 Å². The quantitative estimate of drug-likeness (QED) is 0.261. The molecule has 0 saturated heterocycles. The van der Waals surface area contributed by atoms with Crippen molar-refractivity contribution in [2.75, 3.05) is 0 Å². The molecule has 0 atom stereocenters. The van der Waals surface area contributed by atoms with E-state index >= 15 is 0 Å². The molecule has 0 unspecified atom stereocenters. The largest absolute Gasteiger partial charge is 0.457 e. The van der Waals surface area contributed by atoms with Crippen LogP contribution in [0.15, 0.2) is 90.8 Å². The number of ketones is 1. The number of aromatic nitrogens is 1. The van der Waals surface area contributed by atoms with Gasteiger partial charge in [-0.05, 0) is 104 Å². The number of benzene rings is 2. The van der Waals surface area contributed by atoms with Crippen LogP contribution < -0.4 is 4.74 Å². The Hall–Kier alpha value is -3.94. The summed E-state index contributed by atoms with van der Waals surface area (Å²) in [5.74, 6) is 1.77. The van der Waals surface area contributed by atoms with Gasteiger partial charge in [0.05, 0.1) is 5.69 Å². The SMILES string of the molecule is C=C(Cc1ccc(OC2=CC=C=Cc3cc(CC)c(-c4ccccn4)cc32)cc1)C1(C(C)=O)CC1. The van der Waals surface area contributed by atoms with Gasteiger partial charge >= 0.3 is 0 Å². The maximum atomic E-state index is 12.0. The summed E-state index contributed by atoms with van der Waals surface area (Å²) in [7, 11) is 0. The minimum atomic E-state index is -0.286. The normalized spacial score (nSPS) is 15.1. The lowest BCUT2D eigenvalue weighted by Gasteiger charge is -2.17. The summed E-state index contributed by atoms with van der Waals surface area (Å²) >= 11 is 0. The monoisotopic (exact) mass is 459 g/mol. The lowest BCUT2D eigenvalue weighted by molar-refractivity contribution is -0.120. The number of aryl methyl sites for hydroxylation is 1. The standard InChI is InChI=1S/C32H29NO2/c1-4-25-20-26-9-5-6-11-31(29(26)21-28(25)30-10-7-8-18-33-30)35-27-14-12-24(13-15-27)19-22(2)32(16-17-32)23(3)34/h6-15,18,20-21H,2,4,16-17,19H2,1,3H3. The van der Waals surface area contributed by atoms with E-state index < -0.39 is 0 Å². The van der Waals surface area contributed by atoms with Crippen LogP contribution in [0.25, 0.3) is 23.1 Å². The first-order chi connectivity index (χ1) is 17.0. The number of carbonyl (C=O) groups is 1. The second-order valence-corrected chi connectivity index (χ2v) is 9.34. The van der Waals surface area contributed by atoms with E-state index in [4.69, 9.17) is 4.74 Å². The van der Waals surface area contributed by atoms with Gasteiger partial charge in [0, 0.05) is 22.7 Å². The minimum Gasteiger partial charge on any atom is -0.457 e. The molecule has 3 aromatic rings. The molecule has 0 spiro atoms. The predicted octanol–water partition coefficient (Wildman–Crippen LogP) is 7.38. The average molecular weight is 460 g/mol. The van der Waals surface area contributed by atoms with E-state index in [0.29, 0.717) is 6.42 Å². The fourth-order valence-electron chi connectivity index (χ4n) is 4.79. The van der Waals surface area contributed by atoms with Crippen LogP contribution in [-0.2, 0) is 17.6 Å². The molecule has 5 rings (SSSR count). The summed E-state index contributed by atoms with van der Waals surface area (Å²) < 4.78 is 6.38. The Labute approximate surface area is 207 Å². The molecule has 2 aliphatic carbocycles. The highest BCUT2D eigenvalue weighted by atomic mass is 16.5. The van der Waals surface area contributed by atoms with Gasteiger partial charge in [-0.3, -0.25) is 9.78 Å². The molecule has 174 valence electrons. The number of carbonyl (C=O) groups excluding carboxylic acids is 1. The van der Waals surface area contributed by atoms with Crippen molar-refractivity contribution in [3.8, 4) is 17.0 Å². The summed E-state index contributed by atoms with van der Waals surface area (Å²) in [6.07, 6.45) is 11.1. The number of rotatable bonds is 8. The number of ether oxygens (including phenoxy) is 1. The zero-order chi connectivity index (χ0) is 24.4. The average Bonchev–Trinajstić information content (AvgIpc) is 3.71. The molecule has 0 aliphatic heterocycles. The molecule has 1 saturated carbocycles. The molecule has 0 N–H and O–H groups in total. The van der Waals surface area contributed by atoms with Crippen LogP contribution in [0.1, 0.15) is 48.9 Å². The summed E-state index contributed by atoms with van der Waals surface area (Å²) in [4.78, 5) is 16.6. The maximum absolute atomic E-state index is 12.0. The third kappa shape index (κ3) is 4.56. The molecule has 1 heterocycles. The van der Waals surface area contributed by atoms with Gasteiger partial charge in [-0.2, -0.15) is 0 Å². The summed E-state index contributed by atoms with van der Waals surface area (Å²) in [6.45, 7) is 8.07.